The van der Waals surface area contributed by atoms with E-state index in [-0.39, 0.29) is 11.9 Å². The Morgan fingerprint density at radius 1 is 1.50 bits per heavy atom. The molecule has 106 valence electrons. The predicted octanol–water partition coefficient (Wildman–Crippen LogP) is 2.19. The molecule has 0 aliphatic heterocycles. The molecule has 1 saturated carbocycles. The molecule has 0 bridgehead atoms. The van der Waals surface area contributed by atoms with Crippen LogP contribution in [0.1, 0.15) is 31.4 Å². The van der Waals surface area contributed by atoms with Gasteiger partial charge in [0.15, 0.2) is 0 Å². The molecule has 0 radical (unpaired) electrons. The van der Waals surface area contributed by atoms with Crippen LogP contribution in [0.5, 0.6) is 0 Å². The second kappa shape index (κ2) is 5.49. The summed E-state index contributed by atoms with van der Waals surface area (Å²) < 4.78 is 15.9. The number of halogens is 1. The summed E-state index contributed by atoms with van der Waals surface area (Å²) in [6.45, 7) is 1.91. The highest BCUT2D eigenvalue weighted by molar-refractivity contribution is 7.99. The maximum absolute atomic E-state index is 14.1. The first-order valence-electron chi connectivity index (χ1n) is 6.64. The summed E-state index contributed by atoms with van der Waals surface area (Å²) in [6, 6.07) is 5.42. The van der Waals surface area contributed by atoms with E-state index in [0.29, 0.717) is 22.5 Å². The Morgan fingerprint density at radius 2 is 2.30 bits per heavy atom. The molecule has 2 N–H and O–H groups in total. The fourth-order valence-electron chi connectivity index (χ4n) is 2.07. The van der Waals surface area contributed by atoms with Crippen molar-refractivity contribution in [2.75, 3.05) is 0 Å². The zero-order valence-electron chi connectivity index (χ0n) is 11.2. The van der Waals surface area contributed by atoms with Gasteiger partial charge in [0.2, 0.25) is 5.16 Å². The Balaban J connectivity index is 1.91. The Morgan fingerprint density at radius 3 is 3.00 bits per heavy atom. The molecular weight excluding hydrogens is 277 g/mol. The summed E-state index contributed by atoms with van der Waals surface area (Å²) in [5.74, 6) is -0.251. The van der Waals surface area contributed by atoms with E-state index in [0.717, 1.165) is 18.4 Å². The average molecular weight is 293 g/mol. The molecule has 7 heteroatoms. The summed E-state index contributed by atoms with van der Waals surface area (Å²) in [6.07, 6.45) is 2.80. The molecule has 0 spiro atoms. The van der Waals surface area contributed by atoms with Gasteiger partial charge >= 0.3 is 0 Å². The van der Waals surface area contributed by atoms with Crippen molar-refractivity contribution < 1.29 is 4.39 Å². The highest BCUT2D eigenvalue weighted by Crippen LogP contribution is 2.39. The molecule has 0 saturated heterocycles. The molecule has 3 rings (SSSR count). The number of rotatable bonds is 5. The summed E-state index contributed by atoms with van der Waals surface area (Å²) in [5, 5.41) is 12.3. The van der Waals surface area contributed by atoms with Gasteiger partial charge in [-0.25, -0.2) is 9.07 Å². The first-order valence-corrected chi connectivity index (χ1v) is 7.45. The minimum atomic E-state index is -0.251. The van der Waals surface area contributed by atoms with Crippen LogP contribution in [0.15, 0.2) is 28.3 Å². The molecule has 5 nitrogen and oxygen atoms in total. The number of tetrazole rings is 1. The molecule has 1 atom stereocenters. The minimum Gasteiger partial charge on any atom is -0.328 e. The summed E-state index contributed by atoms with van der Waals surface area (Å²) in [7, 11) is 0. The molecule has 2 aromatic rings. The van der Waals surface area contributed by atoms with Gasteiger partial charge in [-0.2, -0.15) is 0 Å². The smallest absolute Gasteiger partial charge is 0.214 e. The van der Waals surface area contributed by atoms with Crippen LogP contribution in [-0.2, 0) is 6.42 Å². The van der Waals surface area contributed by atoms with E-state index >= 15 is 0 Å². The standard InChI is InChI=1S/C13H16FN5S/c1-8(15)7-9-3-2-4-11(14)12(9)20-13-16-17-18-19(13)10-5-6-10/h2-4,8,10H,5-7,15H2,1H3. The van der Waals surface area contributed by atoms with E-state index in [9.17, 15) is 4.39 Å². The number of hydrogen-bond acceptors (Lipinski definition) is 5. The lowest BCUT2D eigenvalue weighted by Gasteiger charge is -2.11. The van der Waals surface area contributed by atoms with Gasteiger partial charge < -0.3 is 5.73 Å². The van der Waals surface area contributed by atoms with Crippen LogP contribution in [0.4, 0.5) is 4.39 Å². The van der Waals surface area contributed by atoms with Crippen LogP contribution in [-0.4, -0.2) is 26.2 Å². The average Bonchev–Trinajstić information content (AvgIpc) is 3.13. The Bertz CT molecular complexity index is 609. The van der Waals surface area contributed by atoms with Gasteiger partial charge in [0.05, 0.1) is 10.9 Å². The molecule has 1 aromatic carbocycles. The van der Waals surface area contributed by atoms with Crippen LogP contribution >= 0.6 is 11.8 Å². The Hall–Kier alpha value is -1.47. The van der Waals surface area contributed by atoms with Gasteiger partial charge in [0, 0.05) is 6.04 Å². The van der Waals surface area contributed by atoms with Gasteiger partial charge in [-0.15, -0.1) is 5.10 Å². The third kappa shape index (κ3) is 2.83. The van der Waals surface area contributed by atoms with Gasteiger partial charge in [-0.3, -0.25) is 0 Å². The molecular formula is C13H16FN5S. The zero-order valence-corrected chi connectivity index (χ0v) is 12.0. The van der Waals surface area contributed by atoms with Gasteiger partial charge in [-0.1, -0.05) is 12.1 Å². The van der Waals surface area contributed by atoms with Crippen molar-refractivity contribution >= 4 is 11.8 Å². The van der Waals surface area contributed by atoms with E-state index in [1.54, 1.807) is 10.7 Å². The van der Waals surface area contributed by atoms with Crippen LogP contribution in [0.25, 0.3) is 0 Å². The van der Waals surface area contributed by atoms with E-state index in [4.69, 9.17) is 5.73 Å². The molecule has 1 unspecified atom stereocenters. The van der Waals surface area contributed by atoms with Crippen molar-refractivity contribution in [3.8, 4) is 0 Å². The normalized spacial score (nSPS) is 16.4. The number of hydrogen-bond donors (Lipinski definition) is 1. The minimum absolute atomic E-state index is 0.0180. The van der Waals surface area contributed by atoms with E-state index in [1.807, 2.05) is 13.0 Å². The van der Waals surface area contributed by atoms with Gasteiger partial charge in [0.25, 0.3) is 0 Å². The number of nitrogens with zero attached hydrogens (tertiary/aromatic N) is 4. The van der Waals surface area contributed by atoms with Crippen LogP contribution in [0.3, 0.4) is 0 Å². The van der Waals surface area contributed by atoms with Gasteiger partial charge in [-0.05, 0) is 60.0 Å². The van der Waals surface area contributed by atoms with Crippen LogP contribution < -0.4 is 5.73 Å². The second-order valence-electron chi connectivity index (χ2n) is 5.15. The number of nitrogens with two attached hydrogens (primary N) is 1. The first kappa shape index (κ1) is 13.5. The van der Waals surface area contributed by atoms with Crippen molar-refractivity contribution in [3.05, 3.63) is 29.6 Å². The lowest BCUT2D eigenvalue weighted by atomic mass is 10.1. The highest BCUT2D eigenvalue weighted by atomic mass is 32.2. The highest BCUT2D eigenvalue weighted by Gasteiger charge is 2.28. The fourth-order valence-corrected chi connectivity index (χ4v) is 3.05. The first-order chi connectivity index (χ1) is 9.65. The monoisotopic (exact) mass is 293 g/mol. The molecule has 1 aliphatic rings. The SMILES string of the molecule is CC(N)Cc1cccc(F)c1Sc1nnnn1C1CC1. The molecule has 1 aromatic heterocycles. The van der Waals surface area contributed by atoms with E-state index in [2.05, 4.69) is 15.5 Å². The molecule has 1 heterocycles. The maximum Gasteiger partial charge on any atom is 0.214 e. The summed E-state index contributed by atoms with van der Waals surface area (Å²) in [5.41, 5.74) is 6.73. The molecule has 20 heavy (non-hydrogen) atoms. The fraction of sp³-hybridized carbons (Fsp3) is 0.462. The Labute approximate surface area is 120 Å². The van der Waals surface area contributed by atoms with Crippen molar-refractivity contribution in [3.63, 3.8) is 0 Å². The topological polar surface area (TPSA) is 69.6 Å². The number of aromatic nitrogens is 4. The molecule has 1 fully saturated rings. The maximum atomic E-state index is 14.1. The van der Waals surface area contributed by atoms with Crippen LogP contribution in [0.2, 0.25) is 0 Å². The van der Waals surface area contributed by atoms with E-state index in [1.165, 1.54) is 17.8 Å². The summed E-state index contributed by atoms with van der Waals surface area (Å²) in [4.78, 5) is 0.571. The van der Waals surface area contributed by atoms with Crippen molar-refractivity contribution in [2.24, 2.45) is 5.73 Å². The summed E-state index contributed by atoms with van der Waals surface area (Å²) >= 11 is 1.28. The molecule has 1 aliphatic carbocycles. The third-order valence-electron chi connectivity index (χ3n) is 3.14. The van der Waals surface area contributed by atoms with Crippen molar-refractivity contribution in [1.29, 1.82) is 0 Å². The van der Waals surface area contributed by atoms with Crippen LogP contribution in [0, 0.1) is 5.82 Å². The molecule has 0 amide bonds. The van der Waals surface area contributed by atoms with Crippen molar-refractivity contribution in [2.45, 2.75) is 48.3 Å². The lowest BCUT2D eigenvalue weighted by Crippen LogP contribution is -2.18. The van der Waals surface area contributed by atoms with Gasteiger partial charge in [0.1, 0.15) is 5.82 Å². The Kier molecular flexibility index (Phi) is 3.71. The number of benzene rings is 1. The van der Waals surface area contributed by atoms with E-state index < -0.39 is 0 Å². The van der Waals surface area contributed by atoms with Crippen molar-refractivity contribution in [1.82, 2.24) is 20.2 Å². The third-order valence-corrected chi connectivity index (χ3v) is 4.25. The quantitative estimate of drug-likeness (QED) is 0.915. The predicted molar refractivity (Wildman–Crippen MR) is 74.0 cm³/mol. The largest absolute Gasteiger partial charge is 0.328 e. The lowest BCUT2D eigenvalue weighted by molar-refractivity contribution is 0.562. The second-order valence-corrected chi connectivity index (χ2v) is 6.13. The zero-order chi connectivity index (χ0) is 14.1.